The average Bonchev–Trinajstić information content (AvgIpc) is 3.44. The molecule has 0 bridgehead atoms. The number of amides is 3. The fourth-order valence-corrected chi connectivity index (χ4v) is 5.37. The lowest BCUT2D eigenvalue weighted by Crippen LogP contribution is -2.24. The molecule has 0 saturated carbocycles. The van der Waals surface area contributed by atoms with E-state index in [-0.39, 0.29) is 24.3 Å². The Kier molecular flexibility index (Phi) is 8.21. The highest BCUT2D eigenvalue weighted by Gasteiger charge is 2.19. The quantitative estimate of drug-likeness (QED) is 0.161. The Hall–Kier alpha value is -6.35. The minimum Gasteiger partial charge on any atom is -0.358 e. The first kappa shape index (κ1) is 29.7. The zero-order valence-electron chi connectivity index (χ0n) is 25.1. The molecule has 0 unspecified atom stereocenters. The van der Waals surface area contributed by atoms with Gasteiger partial charge in [0.25, 0.3) is 0 Å². The van der Waals surface area contributed by atoms with Gasteiger partial charge in [0.2, 0.25) is 17.7 Å². The fourth-order valence-electron chi connectivity index (χ4n) is 5.37. The van der Waals surface area contributed by atoms with E-state index in [4.69, 9.17) is 10.1 Å². The second kappa shape index (κ2) is 12.7. The molecule has 0 fully saturated rings. The van der Waals surface area contributed by atoms with E-state index in [0.29, 0.717) is 17.1 Å². The number of likely N-dealkylation sites (N-methyl/N-ethyl adjacent to an activating group) is 1. The van der Waals surface area contributed by atoms with Crippen LogP contribution in [0.2, 0.25) is 0 Å². The van der Waals surface area contributed by atoms with Crippen LogP contribution >= 0.6 is 0 Å². The third-order valence-electron chi connectivity index (χ3n) is 7.58. The standard InChI is InChI=1S/C37H30N6O3/c1-4-33(44)40-28-12-6-9-23(18-28)25-14-15-30-32(21-25)43(22-35(46)38-3)42-37(30)31-20-27(17-26-11-8-16-39-36(26)31)24-10-7-13-29(19-24)41-34(45)5-2/h4-21H,1-2,22H2,3H3,(H,38,46)(H,40,44)(H,41,45). The molecule has 0 spiro atoms. The fraction of sp³-hybridized carbons (Fsp3) is 0.0541. The molecule has 226 valence electrons. The summed E-state index contributed by atoms with van der Waals surface area (Å²) in [7, 11) is 1.59. The van der Waals surface area contributed by atoms with Gasteiger partial charge in [-0.3, -0.25) is 24.0 Å². The predicted octanol–water partition coefficient (Wildman–Crippen LogP) is 6.58. The van der Waals surface area contributed by atoms with E-state index in [2.05, 4.69) is 35.2 Å². The Balaban J connectivity index is 1.52. The van der Waals surface area contributed by atoms with Crippen LogP contribution in [0.1, 0.15) is 0 Å². The minimum absolute atomic E-state index is 0.0159. The van der Waals surface area contributed by atoms with Crippen molar-refractivity contribution in [2.45, 2.75) is 6.54 Å². The number of rotatable bonds is 9. The van der Waals surface area contributed by atoms with Crippen molar-refractivity contribution >= 4 is 50.9 Å². The van der Waals surface area contributed by atoms with Gasteiger partial charge in [0, 0.05) is 41.0 Å². The number of carbonyl (C=O) groups excluding carboxylic acids is 3. The number of nitrogens with zero attached hydrogens (tertiary/aromatic N) is 3. The van der Waals surface area contributed by atoms with Crippen LogP contribution < -0.4 is 16.0 Å². The highest BCUT2D eigenvalue weighted by Crippen LogP contribution is 2.38. The van der Waals surface area contributed by atoms with E-state index in [1.807, 2.05) is 84.9 Å². The molecular weight excluding hydrogens is 576 g/mol. The number of benzene rings is 4. The maximum absolute atomic E-state index is 12.6. The first-order valence-corrected chi connectivity index (χ1v) is 14.5. The number of aromatic nitrogens is 3. The van der Waals surface area contributed by atoms with Gasteiger partial charge in [-0.05, 0) is 89.0 Å². The van der Waals surface area contributed by atoms with E-state index >= 15 is 0 Å². The normalized spacial score (nSPS) is 10.8. The number of hydrogen-bond donors (Lipinski definition) is 3. The summed E-state index contributed by atoms with van der Waals surface area (Å²) in [4.78, 5) is 41.2. The van der Waals surface area contributed by atoms with Gasteiger partial charge in [0.1, 0.15) is 12.2 Å². The second-order valence-corrected chi connectivity index (χ2v) is 10.6. The Morgan fingerprint density at radius 1 is 0.761 bits per heavy atom. The molecule has 6 aromatic rings. The number of nitrogens with one attached hydrogen (secondary N) is 3. The lowest BCUT2D eigenvalue weighted by Gasteiger charge is -2.11. The van der Waals surface area contributed by atoms with Gasteiger partial charge in [0.05, 0.1) is 11.0 Å². The molecule has 9 heteroatoms. The molecule has 6 rings (SSSR count). The van der Waals surface area contributed by atoms with Crippen LogP contribution in [0.15, 0.2) is 123 Å². The Labute approximate surface area is 265 Å². The SMILES string of the molecule is C=CC(=O)Nc1cccc(-c2cc(-c3nn(CC(=O)NC)c4cc(-c5cccc(NC(=O)C=C)c5)ccc34)c3ncccc3c2)c1. The Morgan fingerprint density at radius 3 is 2.07 bits per heavy atom. The monoisotopic (exact) mass is 606 g/mol. The number of hydrogen-bond acceptors (Lipinski definition) is 5. The molecule has 2 aromatic heterocycles. The molecule has 0 atom stereocenters. The molecule has 0 saturated heterocycles. The largest absolute Gasteiger partial charge is 0.358 e. The Morgan fingerprint density at radius 2 is 1.41 bits per heavy atom. The van der Waals surface area contributed by atoms with Gasteiger partial charge in [0.15, 0.2) is 0 Å². The maximum Gasteiger partial charge on any atom is 0.247 e. The van der Waals surface area contributed by atoms with Gasteiger partial charge in [-0.1, -0.05) is 49.6 Å². The summed E-state index contributed by atoms with van der Waals surface area (Å²) in [6.07, 6.45) is 4.20. The van der Waals surface area contributed by atoms with E-state index in [9.17, 15) is 14.4 Å². The first-order chi connectivity index (χ1) is 22.4. The van der Waals surface area contributed by atoms with Gasteiger partial charge in [-0.15, -0.1) is 0 Å². The maximum atomic E-state index is 12.6. The summed E-state index contributed by atoms with van der Waals surface area (Å²) >= 11 is 0. The number of anilines is 2. The summed E-state index contributed by atoms with van der Waals surface area (Å²) in [5.41, 5.74) is 7.89. The third-order valence-corrected chi connectivity index (χ3v) is 7.58. The summed E-state index contributed by atoms with van der Waals surface area (Å²) in [6, 6.07) is 29.1. The van der Waals surface area contributed by atoms with Crippen LogP contribution in [0.4, 0.5) is 11.4 Å². The van der Waals surface area contributed by atoms with Gasteiger partial charge >= 0.3 is 0 Å². The molecule has 0 aliphatic heterocycles. The van der Waals surface area contributed by atoms with Crippen molar-refractivity contribution in [3.05, 3.63) is 123 Å². The molecule has 3 N–H and O–H groups in total. The van der Waals surface area contributed by atoms with Crippen molar-refractivity contribution in [2.24, 2.45) is 0 Å². The lowest BCUT2D eigenvalue weighted by molar-refractivity contribution is -0.121. The molecule has 2 heterocycles. The molecular formula is C37H30N6O3. The van der Waals surface area contributed by atoms with Crippen LogP contribution in [0.3, 0.4) is 0 Å². The minimum atomic E-state index is -0.294. The van der Waals surface area contributed by atoms with E-state index in [1.165, 1.54) is 12.2 Å². The summed E-state index contributed by atoms with van der Waals surface area (Å²) in [6.45, 7) is 7.07. The summed E-state index contributed by atoms with van der Waals surface area (Å²) < 4.78 is 1.70. The number of carbonyl (C=O) groups is 3. The molecule has 0 aliphatic rings. The van der Waals surface area contributed by atoms with E-state index < -0.39 is 0 Å². The van der Waals surface area contributed by atoms with Crippen LogP contribution in [0, 0.1) is 0 Å². The molecule has 9 nitrogen and oxygen atoms in total. The molecule has 4 aromatic carbocycles. The zero-order valence-corrected chi connectivity index (χ0v) is 25.1. The molecule has 0 aliphatic carbocycles. The highest BCUT2D eigenvalue weighted by atomic mass is 16.2. The predicted molar refractivity (Wildman–Crippen MR) is 183 cm³/mol. The average molecular weight is 607 g/mol. The zero-order chi connectivity index (χ0) is 32.2. The summed E-state index contributed by atoms with van der Waals surface area (Å²) in [5.74, 6) is -0.774. The van der Waals surface area contributed by atoms with Gasteiger partial charge in [-0.2, -0.15) is 5.10 Å². The van der Waals surface area contributed by atoms with E-state index in [1.54, 1.807) is 17.9 Å². The van der Waals surface area contributed by atoms with Gasteiger partial charge < -0.3 is 16.0 Å². The second-order valence-electron chi connectivity index (χ2n) is 10.6. The third kappa shape index (κ3) is 6.02. The van der Waals surface area contributed by atoms with Crippen molar-refractivity contribution in [3.63, 3.8) is 0 Å². The summed E-state index contributed by atoms with van der Waals surface area (Å²) in [5, 5.41) is 15.1. The first-order valence-electron chi connectivity index (χ1n) is 14.5. The van der Waals surface area contributed by atoms with E-state index in [0.717, 1.165) is 49.6 Å². The van der Waals surface area contributed by atoms with Crippen LogP contribution in [-0.4, -0.2) is 39.5 Å². The smallest absolute Gasteiger partial charge is 0.247 e. The van der Waals surface area contributed by atoms with Gasteiger partial charge in [-0.25, -0.2) is 0 Å². The van der Waals surface area contributed by atoms with Crippen molar-refractivity contribution < 1.29 is 14.4 Å². The van der Waals surface area contributed by atoms with Crippen LogP contribution in [0.25, 0.3) is 55.3 Å². The Bertz CT molecular complexity index is 2180. The van der Waals surface area contributed by atoms with Crippen molar-refractivity contribution in [1.29, 1.82) is 0 Å². The van der Waals surface area contributed by atoms with Crippen molar-refractivity contribution in [3.8, 4) is 33.5 Å². The number of fused-ring (bicyclic) bond motifs is 2. The molecule has 46 heavy (non-hydrogen) atoms. The number of pyridine rings is 1. The van der Waals surface area contributed by atoms with Crippen molar-refractivity contribution in [1.82, 2.24) is 20.1 Å². The molecule has 3 amide bonds. The van der Waals surface area contributed by atoms with Crippen LogP contribution in [-0.2, 0) is 20.9 Å². The lowest BCUT2D eigenvalue weighted by atomic mass is 9.96. The van der Waals surface area contributed by atoms with Crippen LogP contribution in [0.5, 0.6) is 0 Å². The van der Waals surface area contributed by atoms with Crippen molar-refractivity contribution in [2.75, 3.05) is 17.7 Å². The molecule has 0 radical (unpaired) electrons. The highest BCUT2D eigenvalue weighted by molar-refractivity contribution is 6.05. The topological polar surface area (TPSA) is 118 Å².